The maximum Gasteiger partial charge on any atom is 0.123 e. The van der Waals surface area contributed by atoms with Gasteiger partial charge in [0.25, 0.3) is 0 Å². The van der Waals surface area contributed by atoms with Crippen LogP contribution in [0.1, 0.15) is 50.2 Å². The molecule has 0 spiro atoms. The Labute approximate surface area is 124 Å². The molecule has 1 aliphatic rings. The summed E-state index contributed by atoms with van der Waals surface area (Å²) in [6.07, 6.45) is 7.71. The average Bonchev–Trinajstić information content (AvgIpc) is 2.37. The van der Waals surface area contributed by atoms with Gasteiger partial charge in [-0.25, -0.2) is 4.39 Å². The Balaban J connectivity index is 2.03. The molecule has 2 rings (SSSR count). The lowest BCUT2D eigenvalue weighted by molar-refractivity contribution is 0.263. The molecule has 2 heteroatoms. The first kappa shape index (κ1) is 15.0. The normalized spacial score (nSPS) is 27.5. The molecule has 1 aliphatic carbocycles. The van der Waals surface area contributed by atoms with Gasteiger partial charge in [0.1, 0.15) is 5.82 Å². The number of rotatable bonds is 4. The topological polar surface area (TPSA) is 0 Å². The summed E-state index contributed by atoms with van der Waals surface area (Å²) in [5, 5.41) is 0. The summed E-state index contributed by atoms with van der Waals surface area (Å²) in [5.41, 5.74) is 2.41. The van der Waals surface area contributed by atoms with Crippen LogP contribution in [0.4, 0.5) is 4.39 Å². The standard InChI is InChI=1S/C17H24BrF/c1-3-4-13-5-8-17(18)15(10-13)11-14-6-7-16(19)9-12(14)2/h6-7,9,13,15,17H,3-5,8,10-11H2,1-2H3. The van der Waals surface area contributed by atoms with Gasteiger partial charge >= 0.3 is 0 Å². The first-order valence-corrected chi connectivity index (χ1v) is 8.40. The Kier molecular flexibility index (Phi) is 5.44. The summed E-state index contributed by atoms with van der Waals surface area (Å²) >= 11 is 3.86. The minimum atomic E-state index is -0.121. The highest BCUT2D eigenvalue weighted by molar-refractivity contribution is 9.09. The van der Waals surface area contributed by atoms with Crippen LogP contribution in [-0.4, -0.2) is 4.83 Å². The van der Waals surface area contributed by atoms with E-state index in [0.717, 1.165) is 17.9 Å². The van der Waals surface area contributed by atoms with E-state index in [4.69, 9.17) is 0 Å². The lowest BCUT2D eigenvalue weighted by Crippen LogP contribution is -2.27. The number of benzene rings is 1. The highest BCUT2D eigenvalue weighted by Gasteiger charge is 2.28. The van der Waals surface area contributed by atoms with Crippen LogP contribution in [0.15, 0.2) is 18.2 Å². The van der Waals surface area contributed by atoms with Crippen LogP contribution in [0.25, 0.3) is 0 Å². The van der Waals surface area contributed by atoms with E-state index < -0.39 is 0 Å². The van der Waals surface area contributed by atoms with Crippen LogP contribution < -0.4 is 0 Å². The van der Waals surface area contributed by atoms with E-state index in [1.807, 2.05) is 13.0 Å². The van der Waals surface area contributed by atoms with Gasteiger partial charge < -0.3 is 0 Å². The molecule has 1 aromatic rings. The van der Waals surface area contributed by atoms with Crippen molar-refractivity contribution in [2.75, 3.05) is 0 Å². The maximum atomic E-state index is 13.2. The number of aryl methyl sites for hydroxylation is 1. The Morgan fingerprint density at radius 1 is 1.32 bits per heavy atom. The molecule has 0 bridgehead atoms. The molecule has 106 valence electrons. The van der Waals surface area contributed by atoms with Crippen LogP contribution in [0.5, 0.6) is 0 Å². The van der Waals surface area contributed by atoms with E-state index in [-0.39, 0.29) is 5.82 Å². The molecule has 0 aromatic heterocycles. The van der Waals surface area contributed by atoms with Crippen molar-refractivity contribution in [3.05, 3.63) is 35.1 Å². The van der Waals surface area contributed by atoms with Gasteiger partial charge in [0.2, 0.25) is 0 Å². The number of hydrogen-bond acceptors (Lipinski definition) is 0. The maximum absolute atomic E-state index is 13.2. The number of hydrogen-bond donors (Lipinski definition) is 0. The molecule has 0 nitrogen and oxygen atoms in total. The van der Waals surface area contributed by atoms with Crippen molar-refractivity contribution in [1.29, 1.82) is 0 Å². The van der Waals surface area contributed by atoms with Gasteiger partial charge in [0.05, 0.1) is 0 Å². The molecule has 0 heterocycles. The van der Waals surface area contributed by atoms with E-state index in [1.54, 1.807) is 12.1 Å². The molecule has 19 heavy (non-hydrogen) atoms. The Morgan fingerprint density at radius 3 is 2.79 bits per heavy atom. The molecule has 0 radical (unpaired) electrons. The number of halogens is 2. The quantitative estimate of drug-likeness (QED) is 0.626. The van der Waals surface area contributed by atoms with E-state index >= 15 is 0 Å². The second-order valence-electron chi connectivity index (χ2n) is 6.02. The predicted octanol–water partition coefficient (Wildman–Crippen LogP) is 5.66. The summed E-state index contributed by atoms with van der Waals surface area (Å²) in [6, 6.07) is 5.22. The Bertz CT molecular complexity index is 416. The van der Waals surface area contributed by atoms with Crippen molar-refractivity contribution in [3.8, 4) is 0 Å². The zero-order valence-corrected chi connectivity index (χ0v) is 13.5. The molecular formula is C17H24BrF. The fraction of sp³-hybridized carbons (Fsp3) is 0.647. The summed E-state index contributed by atoms with van der Waals surface area (Å²) in [5.74, 6) is 1.48. The number of alkyl halides is 1. The molecule has 1 saturated carbocycles. The largest absolute Gasteiger partial charge is 0.207 e. The van der Waals surface area contributed by atoms with Crippen LogP contribution in [0, 0.1) is 24.6 Å². The zero-order chi connectivity index (χ0) is 13.8. The predicted molar refractivity (Wildman–Crippen MR) is 83.3 cm³/mol. The van der Waals surface area contributed by atoms with Crippen LogP contribution >= 0.6 is 15.9 Å². The van der Waals surface area contributed by atoms with Crippen molar-refractivity contribution < 1.29 is 4.39 Å². The van der Waals surface area contributed by atoms with E-state index in [1.165, 1.54) is 37.7 Å². The van der Waals surface area contributed by atoms with E-state index in [2.05, 4.69) is 22.9 Å². The third-order valence-electron chi connectivity index (χ3n) is 4.48. The first-order valence-electron chi connectivity index (χ1n) is 7.49. The van der Waals surface area contributed by atoms with E-state index in [0.29, 0.717) is 10.7 Å². The van der Waals surface area contributed by atoms with Gasteiger partial charge in [-0.3, -0.25) is 0 Å². The van der Waals surface area contributed by atoms with Crippen molar-refractivity contribution in [2.45, 2.75) is 57.2 Å². The fourth-order valence-corrected chi connectivity index (χ4v) is 4.04. The summed E-state index contributed by atoms with van der Waals surface area (Å²) < 4.78 is 13.2. The molecule has 1 fully saturated rings. The summed E-state index contributed by atoms with van der Waals surface area (Å²) in [4.78, 5) is 0.630. The third kappa shape index (κ3) is 4.05. The Hall–Kier alpha value is -0.370. The SMILES string of the molecule is CCCC1CCC(Br)C(Cc2ccc(F)cc2C)C1. The van der Waals surface area contributed by atoms with Gasteiger partial charge in [-0.1, -0.05) is 41.8 Å². The minimum Gasteiger partial charge on any atom is -0.207 e. The second kappa shape index (κ2) is 6.88. The van der Waals surface area contributed by atoms with E-state index in [9.17, 15) is 4.39 Å². The first-order chi connectivity index (χ1) is 9.10. The smallest absolute Gasteiger partial charge is 0.123 e. The summed E-state index contributed by atoms with van der Waals surface area (Å²) in [7, 11) is 0. The van der Waals surface area contributed by atoms with Crippen molar-refractivity contribution in [3.63, 3.8) is 0 Å². The highest BCUT2D eigenvalue weighted by Crippen LogP contribution is 2.38. The molecular weight excluding hydrogens is 303 g/mol. The van der Waals surface area contributed by atoms with Gasteiger partial charge in [-0.05, 0) is 67.7 Å². The molecule has 0 saturated heterocycles. The molecule has 1 aromatic carbocycles. The van der Waals surface area contributed by atoms with Gasteiger partial charge in [0, 0.05) is 4.83 Å². The second-order valence-corrected chi connectivity index (χ2v) is 7.19. The lowest BCUT2D eigenvalue weighted by atomic mass is 9.76. The Morgan fingerprint density at radius 2 is 2.11 bits per heavy atom. The molecule has 0 amide bonds. The van der Waals surface area contributed by atoms with Crippen molar-refractivity contribution >= 4 is 15.9 Å². The fourth-order valence-electron chi connectivity index (χ4n) is 3.38. The molecule has 3 unspecified atom stereocenters. The third-order valence-corrected chi connectivity index (χ3v) is 5.69. The van der Waals surface area contributed by atoms with Crippen LogP contribution in [0.3, 0.4) is 0 Å². The molecule has 0 aliphatic heterocycles. The monoisotopic (exact) mass is 326 g/mol. The average molecular weight is 327 g/mol. The summed E-state index contributed by atoms with van der Waals surface area (Å²) in [6.45, 7) is 4.30. The van der Waals surface area contributed by atoms with Crippen molar-refractivity contribution in [2.24, 2.45) is 11.8 Å². The highest BCUT2D eigenvalue weighted by atomic mass is 79.9. The molecule has 3 atom stereocenters. The zero-order valence-electron chi connectivity index (χ0n) is 12.0. The van der Waals surface area contributed by atoms with Gasteiger partial charge in [-0.15, -0.1) is 0 Å². The van der Waals surface area contributed by atoms with Gasteiger partial charge in [0.15, 0.2) is 0 Å². The van der Waals surface area contributed by atoms with Crippen LogP contribution in [-0.2, 0) is 6.42 Å². The van der Waals surface area contributed by atoms with Crippen molar-refractivity contribution in [1.82, 2.24) is 0 Å². The molecule has 0 N–H and O–H groups in total. The van der Waals surface area contributed by atoms with Gasteiger partial charge in [-0.2, -0.15) is 0 Å². The minimum absolute atomic E-state index is 0.121. The van der Waals surface area contributed by atoms with Crippen LogP contribution in [0.2, 0.25) is 0 Å². The lowest BCUT2D eigenvalue weighted by Gasteiger charge is -2.33.